The molecule has 0 atom stereocenters. The number of methoxy groups -OCH3 is 3. The van der Waals surface area contributed by atoms with Gasteiger partial charge in [-0.15, -0.1) is 0 Å². The zero-order valence-corrected chi connectivity index (χ0v) is 15.4. The summed E-state index contributed by atoms with van der Waals surface area (Å²) in [4.78, 5) is 23.9. The van der Waals surface area contributed by atoms with E-state index in [4.69, 9.17) is 18.6 Å². The van der Waals surface area contributed by atoms with Crippen molar-refractivity contribution in [1.82, 2.24) is 5.32 Å². The lowest BCUT2D eigenvalue weighted by Crippen LogP contribution is -2.32. The second-order valence-electron chi connectivity index (χ2n) is 4.75. The van der Waals surface area contributed by atoms with Gasteiger partial charge in [0.15, 0.2) is 21.9 Å². The van der Waals surface area contributed by atoms with Gasteiger partial charge in [-0.2, -0.15) is 0 Å². The molecule has 134 valence electrons. The zero-order valence-electron chi connectivity index (χ0n) is 13.8. The number of hydrogen-bond acceptors (Lipinski definition) is 6. The van der Waals surface area contributed by atoms with Crippen LogP contribution in [0, 0.1) is 0 Å². The third kappa shape index (κ3) is 4.66. The third-order valence-electron chi connectivity index (χ3n) is 3.15. The summed E-state index contributed by atoms with van der Waals surface area (Å²) in [5.41, 5.74) is 0.439. The van der Waals surface area contributed by atoms with E-state index < -0.39 is 11.8 Å². The van der Waals surface area contributed by atoms with Crippen molar-refractivity contribution in [3.63, 3.8) is 0 Å². The third-order valence-corrected chi connectivity index (χ3v) is 3.58. The fourth-order valence-corrected chi connectivity index (χ4v) is 2.35. The number of ether oxygens (including phenoxy) is 3. The van der Waals surface area contributed by atoms with E-state index in [2.05, 4.69) is 26.6 Å². The Morgan fingerprint density at radius 1 is 1.08 bits per heavy atom. The molecule has 25 heavy (non-hydrogen) atoms. The van der Waals surface area contributed by atoms with Gasteiger partial charge in [0.25, 0.3) is 5.91 Å². The summed E-state index contributed by atoms with van der Waals surface area (Å²) in [6.45, 7) is -0.228. The van der Waals surface area contributed by atoms with Crippen molar-refractivity contribution in [3.8, 4) is 17.2 Å². The molecule has 1 aromatic heterocycles. The second-order valence-corrected chi connectivity index (χ2v) is 5.53. The van der Waals surface area contributed by atoms with E-state index in [9.17, 15) is 9.59 Å². The van der Waals surface area contributed by atoms with E-state index in [1.54, 1.807) is 18.2 Å². The maximum Gasteiger partial charge on any atom is 0.287 e. The van der Waals surface area contributed by atoms with Crippen LogP contribution >= 0.6 is 15.9 Å². The Hall–Kier alpha value is -2.68. The Morgan fingerprint density at radius 3 is 2.20 bits per heavy atom. The predicted octanol–water partition coefficient (Wildman–Crippen LogP) is 2.44. The molecule has 0 saturated carbocycles. The highest BCUT2D eigenvalue weighted by Gasteiger charge is 2.15. The summed E-state index contributed by atoms with van der Waals surface area (Å²) in [7, 11) is 4.44. The van der Waals surface area contributed by atoms with Crippen LogP contribution in [-0.2, 0) is 4.79 Å². The van der Waals surface area contributed by atoms with E-state index in [0.717, 1.165) is 0 Å². The Balaban J connectivity index is 2.01. The molecule has 2 N–H and O–H groups in total. The van der Waals surface area contributed by atoms with E-state index in [1.165, 1.54) is 27.4 Å². The molecule has 2 aromatic rings. The molecule has 0 aliphatic heterocycles. The SMILES string of the molecule is COc1cc(NC(=O)CNC(=O)c2ccc(Br)o2)cc(OC)c1OC. The van der Waals surface area contributed by atoms with Crippen LogP contribution in [0.5, 0.6) is 17.2 Å². The first-order valence-corrected chi connectivity index (χ1v) is 7.91. The molecule has 1 heterocycles. The van der Waals surface area contributed by atoms with Gasteiger partial charge in [-0.3, -0.25) is 9.59 Å². The van der Waals surface area contributed by atoms with Crippen molar-refractivity contribution in [3.05, 3.63) is 34.7 Å². The van der Waals surface area contributed by atoms with Gasteiger partial charge in [0.2, 0.25) is 11.7 Å². The molecule has 0 aliphatic rings. The first kappa shape index (κ1) is 18.7. The maximum atomic E-state index is 12.0. The van der Waals surface area contributed by atoms with E-state index in [1.807, 2.05) is 0 Å². The van der Waals surface area contributed by atoms with Gasteiger partial charge in [0.05, 0.1) is 27.9 Å². The topological polar surface area (TPSA) is 99.0 Å². The highest BCUT2D eigenvalue weighted by Crippen LogP contribution is 2.39. The number of amides is 2. The van der Waals surface area contributed by atoms with Crippen LogP contribution in [0.3, 0.4) is 0 Å². The van der Waals surface area contributed by atoms with Crippen LogP contribution < -0.4 is 24.8 Å². The van der Waals surface area contributed by atoms with Crippen molar-refractivity contribution in [2.24, 2.45) is 0 Å². The minimum Gasteiger partial charge on any atom is -0.493 e. The molecule has 0 spiro atoms. The van der Waals surface area contributed by atoms with Gasteiger partial charge in [-0.05, 0) is 28.1 Å². The number of carbonyl (C=O) groups excluding carboxylic acids is 2. The monoisotopic (exact) mass is 412 g/mol. The summed E-state index contributed by atoms with van der Waals surface area (Å²) in [5, 5.41) is 5.10. The summed E-state index contributed by atoms with van der Waals surface area (Å²) >= 11 is 3.10. The molecule has 8 nitrogen and oxygen atoms in total. The molecule has 0 saturated heterocycles. The van der Waals surface area contributed by atoms with Gasteiger partial charge in [-0.1, -0.05) is 0 Å². The Kier molecular flexibility index (Phi) is 6.29. The molecular weight excluding hydrogens is 396 g/mol. The Morgan fingerprint density at radius 2 is 1.72 bits per heavy atom. The maximum absolute atomic E-state index is 12.0. The second kappa shape index (κ2) is 8.43. The lowest BCUT2D eigenvalue weighted by Gasteiger charge is -2.14. The first-order chi connectivity index (χ1) is 12.0. The van der Waals surface area contributed by atoms with Crippen molar-refractivity contribution in [2.45, 2.75) is 0 Å². The largest absolute Gasteiger partial charge is 0.493 e. The molecule has 0 unspecified atom stereocenters. The Labute approximate surface area is 152 Å². The predicted molar refractivity (Wildman–Crippen MR) is 93.5 cm³/mol. The number of hydrogen-bond donors (Lipinski definition) is 2. The standard InChI is InChI=1S/C16H17BrN2O6/c1-22-11-6-9(7-12(23-2)15(11)24-3)19-14(20)8-18-16(21)10-4-5-13(17)25-10/h4-7H,8H2,1-3H3,(H,18,21)(H,19,20). The summed E-state index contributed by atoms with van der Waals surface area (Å²) in [6, 6.07) is 6.26. The lowest BCUT2D eigenvalue weighted by molar-refractivity contribution is -0.115. The number of carbonyl (C=O) groups is 2. The molecule has 2 amide bonds. The van der Waals surface area contributed by atoms with Gasteiger partial charge < -0.3 is 29.3 Å². The van der Waals surface area contributed by atoms with Crippen LogP contribution in [0.15, 0.2) is 33.4 Å². The molecule has 2 rings (SSSR count). The van der Waals surface area contributed by atoms with Crippen molar-refractivity contribution < 1.29 is 28.2 Å². The van der Waals surface area contributed by atoms with E-state index in [0.29, 0.717) is 27.6 Å². The highest BCUT2D eigenvalue weighted by molar-refractivity contribution is 9.10. The van der Waals surface area contributed by atoms with Gasteiger partial charge in [0, 0.05) is 17.8 Å². The number of anilines is 1. The fourth-order valence-electron chi connectivity index (χ4n) is 2.04. The normalized spacial score (nSPS) is 10.1. The quantitative estimate of drug-likeness (QED) is 0.724. The zero-order chi connectivity index (χ0) is 18.4. The lowest BCUT2D eigenvalue weighted by atomic mass is 10.2. The summed E-state index contributed by atoms with van der Waals surface area (Å²) in [5.74, 6) is 0.411. The summed E-state index contributed by atoms with van der Waals surface area (Å²) in [6.07, 6.45) is 0. The minimum atomic E-state index is -0.495. The van der Waals surface area contributed by atoms with Crippen LogP contribution in [0.1, 0.15) is 10.6 Å². The van der Waals surface area contributed by atoms with E-state index >= 15 is 0 Å². The highest BCUT2D eigenvalue weighted by atomic mass is 79.9. The Bertz CT molecular complexity index is 749. The van der Waals surface area contributed by atoms with Crippen LogP contribution in [0.25, 0.3) is 0 Å². The average molecular weight is 413 g/mol. The molecule has 0 aliphatic carbocycles. The fraction of sp³-hybridized carbons (Fsp3) is 0.250. The molecule has 0 fully saturated rings. The summed E-state index contributed by atoms with van der Waals surface area (Å²) < 4.78 is 21.2. The van der Waals surface area contributed by atoms with Crippen LogP contribution in [0.4, 0.5) is 5.69 Å². The number of furan rings is 1. The molecule has 9 heteroatoms. The van der Waals surface area contributed by atoms with Gasteiger partial charge in [0.1, 0.15) is 0 Å². The number of halogens is 1. The number of rotatable bonds is 7. The first-order valence-electron chi connectivity index (χ1n) is 7.12. The number of nitrogens with one attached hydrogen (secondary N) is 2. The molecule has 0 radical (unpaired) electrons. The van der Waals surface area contributed by atoms with Crippen molar-refractivity contribution in [2.75, 3.05) is 33.2 Å². The minimum absolute atomic E-state index is 0.104. The van der Waals surface area contributed by atoms with Crippen LogP contribution in [-0.4, -0.2) is 39.7 Å². The smallest absolute Gasteiger partial charge is 0.287 e. The average Bonchev–Trinajstić information content (AvgIpc) is 3.05. The molecule has 1 aromatic carbocycles. The van der Waals surface area contributed by atoms with Crippen molar-refractivity contribution >= 4 is 33.4 Å². The van der Waals surface area contributed by atoms with Gasteiger partial charge >= 0.3 is 0 Å². The number of benzene rings is 1. The van der Waals surface area contributed by atoms with E-state index in [-0.39, 0.29) is 12.3 Å². The van der Waals surface area contributed by atoms with Gasteiger partial charge in [-0.25, -0.2) is 0 Å². The molecular formula is C16H17BrN2O6. The molecule has 0 bridgehead atoms. The van der Waals surface area contributed by atoms with Crippen molar-refractivity contribution in [1.29, 1.82) is 0 Å². The van der Waals surface area contributed by atoms with Crippen LogP contribution in [0.2, 0.25) is 0 Å².